The van der Waals surface area contributed by atoms with Crippen LogP contribution in [0.3, 0.4) is 0 Å². The quantitative estimate of drug-likeness (QED) is 0.560. The third-order valence-corrected chi connectivity index (χ3v) is 5.38. The number of aromatic nitrogens is 5. The lowest BCUT2D eigenvalue weighted by Crippen LogP contribution is -2.24. The molecular weight excluding hydrogens is 342 g/mol. The molecule has 0 N–H and O–H groups in total. The first-order valence-corrected chi connectivity index (χ1v) is 9.16. The topological polar surface area (TPSA) is 74.3 Å². The summed E-state index contributed by atoms with van der Waals surface area (Å²) in [5.41, 5.74) is 2.05. The van der Waals surface area contributed by atoms with E-state index in [-0.39, 0.29) is 11.6 Å². The molecule has 1 aliphatic carbocycles. The van der Waals surface area contributed by atoms with E-state index in [1.54, 1.807) is 11.6 Å². The summed E-state index contributed by atoms with van der Waals surface area (Å²) in [6, 6.07) is 9.79. The SMILES string of the molecule is COc1ccccc1-c1c2c(=O)n(C3CCCC3)ccc2nc2ncnn12. The highest BCUT2D eigenvalue weighted by Crippen LogP contribution is 2.34. The van der Waals surface area contributed by atoms with Gasteiger partial charge >= 0.3 is 0 Å². The van der Waals surface area contributed by atoms with Crippen LogP contribution in [0.15, 0.2) is 47.7 Å². The molecule has 0 radical (unpaired) electrons. The lowest BCUT2D eigenvalue weighted by molar-refractivity contribution is 0.416. The summed E-state index contributed by atoms with van der Waals surface area (Å²) in [7, 11) is 1.62. The number of methoxy groups -OCH3 is 1. The van der Waals surface area contributed by atoms with E-state index in [4.69, 9.17) is 4.74 Å². The van der Waals surface area contributed by atoms with Gasteiger partial charge in [0.05, 0.1) is 23.7 Å². The van der Waals surface area contributed by atoms with E-state index in [1.165, 1.54) is 6.33 Å². The molecule has 1 saturated carbocycles. The fourth-order valence-electron chi connectivity index (χ4n) is 4.10. The Kier molecular flexibility index (Phi) is 3.67. The van der Waals surface area contributed by atoms with Gasteiger partial charge in [-0.1, -0.05) is 25.0 Å². The lowest BCUT2D eigenvalue weighted by atomic mass is 10.1. The minimum Gasteiger partial charge on any atom is -0.496 e. The van der Waals surface area contributed by atoms with Crippen LogP contribution in [0.2, 0.25) is 0 Å². The highest BCUT2D eigenvalue weighted by Gasteiger charge is 2.23. The molecule has 27 heavy (non-hydrogen) atoms. The molecule has 0 amide bonds. The third kappa shape index (κ3) is 2.42. The van der Waals surface area contributed by atoms with Crippen molar-refractivity contribution >= 4 is 16.7 Å². The van der Waals surface area contributed by atoms with Crippen LogP contribution >= 0.6 is 0 Å². The minimum atomic E-state index is -0.0368. The number of rotatable bonds is 3. The highest BCUT2D eigenvalue weighted by atomic mass is 16.5. The van der Waals surface area contributed by atoms with Gasteiger partial charge in [-0.2, -0.15) is 14.6 Å². The molecule has 0 bridgehead atoms. The molecule has 136 valence electrons. The zero-order chi connectivity index (χ0) is 18.4. The molecule has 4 aromatic rings. The van der Waals surface area contributed by atoms with Crippen molar-refractivity contribution in [3.05, 3.63) is 53.2 Å². The van der Waals surface area contributed by atoms with Crippen molar-refractivity contribution in [3.63, 3.8) is 0 Å². The molecule has 7 nitrogen and oxygen atoms in total. The summed E-state index contributed by atoms with van der Waals surface area (Å²) in [6.07, 6.45) is 7.72. The molecule has 1 aromatic carbocycles. The van der Waals surface area contributed by atoms with Crippen LogP contribution < -0.4 is 10.3 Å². The molecule has 1 aliphatic rings. The Balaban J connectivity index is 1.91. The fraction of sp³-hybridized carbons (Fsp3) is 0.300. The van der Waals surface area contributed by atoms with E-state index in [0.29, 0.717) is 28.1 Å². The van der Waals surface area contributed by atoms with Crippen molar-refractivity contribution < 1.29 is 4.74 Å². The molecule has 0 spiro atoms. The van der Waals surface area contributed by atoms with E-state index in [2.05, 4.69) is 15.1 Å². The van der Waals surface area contributed by atoms with Gasteiger partial charge in [-0.05, 0) is 31.0 Å². The van der Waals surface area contributed by atoms with Crippen molar-refractivity contribution in [1.82, 2.24) is 24.1 Å². The van der Waals surface area contributed by atoms with Crippen LogP contribution in [0, 0.1) is 0 Å². The van der Waals surface area contributed by atoms with Gasteiger partial charge in [0.15, 0.2) is 0 Å². The Morgan fingerprint density at radius 3 is 2.78 bits per heavy atom. The minimum absolute atomic E-state index is 0.0368. The number of benzene rings is 1. The normalized spacial score (nSPS) is 15.0. The van der Waals surface area contributed by atoms with Gasteiger partial charge in [-0.25, -0.2) is 4.98 Å². The molecule has 0 atom stereocenters. The van der Waals surface area contributed by atoms with Crippen LogP contribution in [-0.2, 0) is 0 Å². The average molecular weight is 361 g/mol. The first kappa shape index (κ1) is 16.0. The first-order valence-electron chi connectivity index (χ1n) is 9.16. The predicted octanol–water partition coefficient (Wildman–Crippen LogP) is 3.23. The van der Waals surface area contributed by atoms with Crippen molar-refractivity contribution in [3.8, 4) is 17.0 Å². The summed E-state index contributed by atoms with van der Waals surface area (Å²) in [6.45, 7) is 0. The average Bonchev–Trinajstić information content (AvgIpc) is 3.38. The molecule has 3 heterocycles. The van der Waals surface area contributed by atoms with Crippen LogP contribution in [0.4, 0.5) is 0 Å². The number of para-hydroxylation sites is 1. The Morgan fingerprint density at radius 2 is 1.96 bits per heavy atom. The Morgan fingerprint density at radius 1 is 1.15 bits per heavy atom. The lowest BCUT2D eigenvalue weighted by Gasteiger charge is -2.16. The number of fused-ring (bicyclic) bond motifs is 2. The van der Waals surface area contributed by atoms with Crippen molar-refractivity contribution in [1.29, 1.82) is 0 Å². The molecule has 7 heteroatoms. The molecule has 0 aliphatic heterocycles. The number of hydrogen-bond donors (Lipinski definition) is 0. The second-order valence-corrected chi connectivity index (χ2v) is 6.86. The Hall–Kier alpha value is -3.22. The van der Waals surface area contributed by atoms with Crippen LogP contribution in [-0.4, -0.2) is 31.3 Å². The third-order valence-electron chi connectivity index (χ3n) is 5.38. The monoisotopic (exact) mass is 361 g/mol. The van der Waals surface area contributed by atoms with Crippen LogP contribution in [0.25, 0.3) is 27.9 Å². The van der Waals surface area contributed by atoms with Gasteiger partial charge in [0.25, 0.3) is 11.3 Å². The largest absolute Gasteiger partial charge is 0.496 e. The summed E-state index contributed by atoms with van der Waals surface area (Å²) in [5, 5.41) is 4.88. The van der Waals surface area contributed by atoms with Gasteiger partial charge in [0.2, 0.25) is 0 Å². The number of nitrogens with zero attached hydrogens (tertiary/aromatic N) is 5. The Labute approximate surface area is 155 Å². The second kappa shape index (κ2) is 6.19. The van der Waals surface area contributed by atoms with Gasteiger partial charge in [-0.15, -0.1) is 0 Å². The van der Waals surface area contributed by atoms with E-state index >= 15 is 0 Å². The standard InChI is InChI=1S/C20H19N5O2/c1-27-16-9-5-4-8-14(16)18-17-15(23-20-21-12-22-25(18)20)10-11-24(19(17)26)13-6-2-3-7-13/h4-5,8-13H,2-3,6-7H2,1H3. The van der Waals surface area contributed by atoms with Gasteiger partial charge in [-0.3, -0.25) is 4.79 Å². The van der Waals surface area contributed by atoms with E-state index in [9.17, 15) is 4.79 Å². The van der Waals surface area contributed by atoms with Crippen molar-refractivity contribution in [2.45, 2.75) is 31.7 Å². The predicted molar refractivity (Wildman–Crippen MR) is 102 cm³/mol. The maximum atomic E-state index is 13.5. The van der Waals surface area contributed by atoms with Crippen molar-refractivity contribution in [2.24, 2.45) is 0 Å². The summed E-state index contributed by atoms with van der Waals surface area (Å²) in [5.74, 6) is 1.14. The molecule has 3 aromatic heterocycles. The summed E-state index contributed by atoms with van der Waals surface area (Å²) >= 11 is 0. The van der Waals surface area contributed by atoms with E-state index in [0.717, 1.165) is 31.2 Å². The van der Waals surface area contributed by atoms with Gasteiger partial charge in [0.1, 0.15) is 12.1 Å². The summed E-state index contributed by atoms with van der Waals surface area (Å²) < 4.78 is 9.04. The molecule has 1 fully saturated rings. The molecule has 0 unspecified atom stereocenters. The maximum Gasteiger partial charge on any atom is 0.262 e. The highest BCUT2D eigenvalue weighted by molar-refractivity contribution is 5.94. The number of hydrogen-bond acceptors (Lipinski definition) is 5. The second-order valence-electron chi connectivity index (χ2n) is 6.86. The zero-order valence-corrected chi connectivity index (χ0v) is 15.0. The number of ether oxygens (including phenoxy) is 1. The Bertz CT molecular complexity index is 1200. The van der Waals surface area contributed by atoms with Crippen LogP contribution in [0.5, 0.6) is 5.75 Å². The van der Waals surface area contributed by atoms with E-state index in [1.807, 2.05) is 41.1 Å². The van der Waals surface area contributed by atoms with Gasteiger partial charge < -0.3 is 9.30 Å². The van der Waals surface area contributed by atoms with Gasteiger partial charge in [0, 0.05) is 17.8 Å². The molecule has 5 rings (SSSR count). The smallest absolute Gasteiger partial charge is 0.262 e. The van der Waals surface area contributed by atoms with Crippen molar-refractivity contribution in [2.75, 3.05) is 7.11 Å². The molecule has 0 saturated heterocycles. The zero-order valence-electron chi connectivity index (χ0n) is 15.0. The maximum absolute atomic E-state index is 13.5. The summed E-state index contributed by atoms with van der Waals surface area (Å²) in [4.78, 5) is 22.3. The fourth-order valence-corrected chi connectivity index (χ4v) is 4.10. The van der Waals surface area contributed by atoms with Crippen LogP contribution in [0.1, 0.15) is 31.7 Å². The first-order chi connectivity index (χ1) is 13.3. The number of pyridine rings is 1. The molecular formula is C20H19N5O2. The van der Waals surface area contributed by atoms with E-state index < -0.39 is 0 Å².